The van der Waals surface area contributed by atoms with Gasteiger partial charge in [-0.2, -0.15) is 0 Å². The molecule has 0 heterocycles. The predicted molar refractivity (Wildman–Crippen MR) is 97.6 cm³/mol. The van der Waals surface area contributed by atoms with Crippen molar-refractivity contribution >= 4 is 17.4 Å². The number of ether oxygens (including phenoxy) is 2. The molecule has 1 amide bonds. The van der Waals surface area contributed by atoms with Gasteiger partial charge in [0.15, 0.2) is 23.4 Å². The maximum Gasteiger partial charge on any atom is 0.265 e. The summed E-state index contributed by atoms with van der Waals surface area (Å²) >= 11 is 0. The smallest absolute Gasteiger partial charge is 0.265 e. The molecule has 1 unspecified atom stereocenters. The number of aryl methyl sites for hydroxylation is 2. The number of rotatable bonds is 6. The van der Waals surface area contributed by atoms with Gasteiger partial charge < -0.3 is 14.8 Å². The minimum Gasteiger partial charge on any atom is -0.493 e. The Morgan fingerprint density at radius 3 is 2.24 bits per heavy atom. The lowest BCUT2D eigenvalue weighted by Crippen LogP contribution is -2.30. The molecule has 0 radical (unpaired) electrons. The molecule has 0 aliphatic rings. The van der Waals surface area contributed by atoms with E-state index in [2.05, 4.69) is 5.32 Å². The molecule has 2 rings (SSSR count). The number of Topliss-reactive ketones (excluding diaryl/α,β-unsaturated/α-hetero) is 1. The number of amides is 1. The van der Waals surface area contributed by atoms with Crippen molar-refractivity contribution in [3.63, 3.8) is 0 Å². The minimum atomic E-state index is -0.726. The zero-order chi connectivity index (χ0) is 18.6. The second-order valence-electron chi connectivity index (χ2n) is 5.94. The Balaban J connectivity index is 2.15. The Morgan fingerprint density at radius 2 is 1.68 bits per heavy atom. The van der Waals surface area contributed by atoms with Crippen molar-refractivity contribution in [2.45, 2.75) is 33.8 Å². The lowest BCUT2D eigenvalue weighted by atomic mass is 10.1. The number of carbonyl (C=O) groups is 2. The van der Waals surface area contributed by atoms with Crippen molar-refractivity contribution in [2.24, 2.45) is 0 Å². The molecule has 25 heavy (non-hydrogen) atoms. The van der Waals surface area contributed by atoms with Gasteiger partial charge in [-0.15, -0.1) is 0 Å². The van der Waals surface area contributed by atoms with Crippen molar-refractivity contribution in [3.8, 4) is 11.5 Å². The summed E-state index contributed by atoms with van der Waals surface area (Å²) in [5.41, 5.74) is 3.30. The van der Waals surface area contributed by atoms with Crippen LogP contribution in [0.1, 0.15) is 35.3 Å². The molecule has 132 valence electrons. The van der Waals surface area contributed by atoms with Gasteiger partial charge in [-0.3, -0.25) is 9.59 Å². The van der Waals surface area contributed by atoms with Crippen LogP contribution in [0.5, 0.6) is 11.5 Å². The van der Waals surface area contributed by atoms with Gasteiger partial charge in [-0.1, -0.05) is 18.2 Å². The molecule has 0 aliphatic carbocycles. The number of carbonyl (C=O) groups excluding carboxylic acids is 2. The molecule has 1 N–H and O–H groups in total. The number of methoxy groups -OCH3 is 1. The Hall–Kier alpha value is -2.82. The number of anilines is 1. The van der Waals surface area contributed by atoms with Gasteiger partial charge in [0.25, 0.3) is 5.91 Å². The Morgan fingerprint density at radius 1 is 1.04 bits per heavy atom. The highest BCUT2D eigenvalue weighted by atomic mass is 16.5. The fourth-order valence-corrected chi connectivity index (χ4v) is 2.46. The first-order valence-electron chi connectivity index (χ1n) is 8.06. The molecule has 2 aromatic rings. The first-order chi connectivity index (χ1) is 11.8. The lowest BCUT2D eigenvalue weighted by molar-refractivity contribution is -0.122. The highest BCUT2D eigenvalue weighted by molar-refractivity contribution is 5.96. The number of hydrogen-bond acceptors (Lipinski definition) is 4. The van der Waals surface area contributed by atoms with E-state index in [0.29, 0.717) is 17.1 Å². The number of ketones is 1. The van der Waals surface area contributed by atoms with Crippen LogP contribution in [0.15, 0.2) is 36.4 Å². The van der Waals surface area contributed by atoms with Crippen LogP contribution in [0.3, 0.4) is 0 Å². The molecule has 0 saturated carbocycles. The fourth-order valence-electron chi connectivity index (χ4n) is 2.46. The molecular formula is C20H23NO4. The normalized spacial score (nSPS) is 11.6. The largest absolute Gasteiger partial charge is 0.493 e. The topological polar surface area (TPSA) is 64.6 Å². The zero-order valence-electron chi connectivity index (χ0n) is 15.2. The molecular weight excluding hydrogens is 318 g/mol. The summed E-state index contributed by atoms with van der Waals surface area (Å²) in [5.74, 6) is 0.511. The van der Waals surface area contributed by atoms with E-state index in [0.717, 1.165) is 16.8 Å². The van der Waals surface area contributed by atoms with Crippen LogP contribution in [0.25, 0.3) is 0 Å². The van der Waals surface area contributed by atoms with Crippen LogP contribution >= 0.6 is 0 Å². The minimum absolute atomic E-state index is 0.0642. The summed E-state index contributed by atoms with van der Waals surface area (Å²) in [4.78, 5) is 23.9. The maximum atomic E-state index is 12.5. The number of benzene rings is 2. The molecule has 0 spiro atoms. The maximum absolute atomic E-state index is 12.5. The monoisotopic (exact) mass is 341 g/mol. The molecule has 0 aliphatic heterocycles. The van der Waals surface area contributed by atoms with Gasteiger partial charge >= 0.3 is 0 Å². The van der Waals surface area contributed by atoms with Crippen molar-refractivity contribution in [1.29, 1.82) is 0 Å². The third-order valence-corrected chi connectivity index (χ3v) is 3.97. The molecule has 0 bridgehead atoms. The molecule has 1 atom stereocenters. The van der Waals surface area contributed by atoms with Gasteiger partial charge in [-0.05, 0) is 57.0 Å². The molecule has 5 heteroatoms. The quantitative estimate of drug-likeness (QED) is 0.809. The van der Waals surface area contributed by atoms with Crippen LogP contribution in [0.2, 0.25) is 0 Å². The standard InChI is InChI=1S/C20H23NO4/c1-12-7-6-8-13(2)19(12)21-20(23)15(4)25-17-10-9-16(14(3)22)11-18(17)24-5/h6-11,15H,1-5H3,(H,21,23). The van der Waals surface area contributed by atoms with E-state index in [1.54, 1.807) is 25.1 Å². The van der Waals surface area contributed by atoms with Gasteiger partial charge in [-0.25, -0.2) is 0 Å². The number of nitrogens with one attached hydrogen (secondary N) is 1. The fraction of sp³-hybridized carbons (Fsp3) is 0.300. The second-order valence-corrected chi connectivity index (χ2v) is 5.94. The van der Waals surface area contributed by atoms with Crippen LogP contribution in [0.4, 0.5) is 5.69 Å². The van der Waals surface area contributed by atoms with Gasteiger partial charge in [0.2, 0.25) is 0 Å². The van der Waals surface area contributed by atoms with E-state index in [1.807, 2.05) is 32.0 Å². The highest BCUT2D eigenvalue weighted by Crippen LogP contribution is 2.29. The van der Waals surface area contributed by atoms with E-state index in [1.165, 1.54) is 14.0 Å². The average molecular weight is 341 g/mol. The third kappa shape index (κ3) is 4.38. The van der Waals surface area contributed by atoms with E-state index in [-0.39, 0.29) is 11.7 Å². The first kappa shape index (κ1) is 18.5. The van der Waals surface area contributed by atoms with Crippen molar-refractivity contribution < 1.29 is 19.1 Å². The van der Waals surface area contributed by atoms with Crippen LogP contribution in [0, 0.1) is 13.8 Å². The van der Waals surface area contributed by atoms with Crippen LogP contribution in [-0.4, -0.2) is 24.9 Å². The van der Waals surface area contributed by atoms with Gasteiger partial charge in [0, 0.05) is 11.3 Å². The SMILES string of the molecule is COc1cc(C(C)=O)ccc1OC(C)C(=O)Nc1c(C)cccc1C. The first-order valence-corrected chi connectivity index (χ1v) is 8.06. The second kappa shape index (κ2) is 7.83. The predicted octanol–water partition coefficient (Wildman–Crippen LogP) is 3.92. The molecule has 5 nitrogen and oxygen atoms in total. The summed E-state index contributed by atoms with van der Waals surface area (Å²) < 4.78 is 11.0. The molecule has 0 fully saturated rings. The highest BCUT2D eigenvalue weighted by Gasteiger charge is 2.19. The average Bonchev–Trinajstić information content (AvgIpc) is 2.58. The summed E-state index contributed by atoms with van der Waals surface area (Å²) in [7, 11) is 1.49. The molecule has 0 saturated heterocycles. The van der Waals surface area contributed by atoms with Crippen LogP contribution in [-0.2, 0) is 4.79 Å². The van der Waals surface area contributed by atoms with Crippen molar-refractivity contribution in [3.05, 3.63) is 53.1 Å². The third-order valence-electron chi connectivity index (χ3n) is 3.97. The van der Waals surface area contributed by atoms with Crippen LogP contribution < -0.4 is 14.8 Å². The van der Waals surface area contributed by atoms with Crippen molar-refractivity contribution in [1.82, 2.24) is 0 Å². The molecule has 0 aromatic heterocycles. The Kier molecular flexibility index (Phi) is 5.80. The van der Waals surface area contributed by atoms with Crippen molar-refractivity contribution in [2.75, 3.05) is 12.4 Å². The summed E-state index contributed by atoms with van der Waals surface area (Å²) in [6.07, 6.45) is -0.726. The number of para-hydroxylation sites is 1. The van der Waals surface area contributed by atoms with Gasteiger partial charge in [0.1, 0.15) is 0 Å². The lowest BCUT2D eigenvalue weighted by Gasteiger charge is -2.18. The van der Waals surface area contributed by atoms with E-state index < -0.39 is 6.10 Å². The van der Waals surface area contributed by atoms with E-state index in [9.17, 15) is 9.59 Å². The Labute approximate surface area is 148 Å². The Bertz CT molecular complexity index is 778. The summed E-state index contributed by atoms with van der Waals surface area (Å²) in [5, 5.41) is 2.91. The molecule has 2 aromatic carbocycles. The summed E-state index contributed by atoms with van der Waals surface area (Å²) in [6.45, 7) is 7.03. The number of hydrogen-bond donors (Lipinski definition) is 1. The van der Waals surface area contributed by atoms with E-state index >= 15 is 0 Å². The van der Waals surface area contributed by atoms with E-state index in [4.69, 9.17) is 9.47 Å². The summed E-state index contributed by atoms with van der Waals surface area (Å²) in [6, 6.07) is 10.7. The van der Waals surface area contributed by atoms with Gasteiger partial charge in [0.05, 0.1) is 7.11 Å². The zero-order valence-corrected chi connectivity index (χ0v) is 15.2.